The molecule has 0 saturated carbocycles. The Kier molecular flexibility index (Phi) is 15.0. The molecule has 0 aromatic rings. The Labute approximate surface area is 93.5 Å². The maximum atomic E-state index is 4.94. The second-order valence-electron chi connectivity index (χ2n) is 3.00. The summed E-state index contributed by atoms with van der Waals surface area (Å²) < 4.78 is 6.28. The molecule has 1 fully saturated rings. The summed E-state index contributed by atoms with van der Waals surface area (Å²) in [6, 6.07) is 0. The van der Waals surface area contributed by atoms with Crippen LogP contribution >= 0.6 is 0 Å². The van der Waals surface area contributed by atoms with Crippen LogP contribution in [0.2, 0.25) is 4.55 Å². The summed E-state index contributed by atoms with van der Waals surface area (Å²) in [6.07, 6.45) is 2.56. The summed E-state index contributed by atoms with van der Waals surface area (Å²) in [5.74, 6) is 0.897. The maximum Gasteiger partial charge on any atom is -1.00 e. The normalized spacial score (nSPS) is 15.4. The van der Waals surface area contributed by atoms with Gasteiger partial charge in [-0.05, 0) is 12.8 Å². The van der Waals surface area contributed by atoms with E-state index in [4.69, 9.17) is 4.74 Å². The molecule has 0 bridgehead atoms. The van der Waals surface area contributed by atoms with E-state index in [1.807, 2.05) is 21.7 Å². The van der Waals surface area contributed by atoms with E-state index in [9.17, 15) is 0 Å². The van der Waals surface area contributed by atoms with Crippen LogP contribution in [0.3, 0.4) is 0 Å². The van der Waals surface area contributed by atoms with Crippen molar-refractivity contribution in [3.63, 3.8) is 0 Å². The van der Waals surface area contributed by atoms with Crippen LogP contribution < -0.4 is 17.0 Å². The molecule has 0 atom stereocenters. The van der Waals surface area contributed by atoms with Crippen LogP contribution in [0.4, 0.5) is 0 Å². The fraction of sp³-hybridized carbons (Fsp3) is 1.00. The minimum Gasteiger partial charge on any atom is -1.00 e. The molecule has 1 aliphatic rings. The van der Waals surface area contributed by atoms with Crippen molar-refractivity contribution < 1.29 is 21.7 Å². The van der Waals surface area contributed by atoms with Gasteiger partial charge in [-0.3, -0.25) is 0 Å². The Morgan fingerprint density at radius 2 is 1.64 bits per heavy atom. The topological polar surface area (TPSA) is 9.23 Å². The molecular formula is C8H17BrMgO. The Morgan fingerprint density at radius 3 is 1.73 bits per heavy atom. The SMILES string of the molecule is C1CCOC1.CC(C)[CH2][Mg+].[Br-]. The van der Waals surface area contributed by atoms with Crippen molar-refractivity contribution in [1.82, 2.24) is 0 Å². The van der Waals surface area contributed by atoms with Crippen LogP contribution in [0.5, 0.6) is 0 Å². The van der Waals surface area contributed by atoms with Crippen LogP contribution in [0.25, 0.3) is 0 Å². The average molecular weight is 233 g/mol. The Hall–Kier alpha value is 1.21. The summed E-state index contributed by atoms with van der Waals surface area (Å²) >= 11 is 2.03. The molecule has 1 rings (SSSR count). The van der Waals surface area contributed by atoms with Gasteiger partial charge in [-0.2, -0.15) is 0 Å². The summed E-state index contributed by atoms with van der Waals surface area (Å²) in [5.41, 5.74) is 0. The molecule has 1 nitrogen and oxygen atoms in total. The molecule has 1 saturated heterocycles. The predicted octanol–water partition coefficient (Wildman–Crippen LogP) is -0.970. The molecular weight excluding hydrogens is 216 g/mol. The largest absolute Gasteiger partial charge is 1.00 e. The molecule has 11 heavy (non-hydrogen) atoms. The number of rotatable bonds is 1. The van der Waals surface area contributed by atoms with Crippen molar-refractivity contribution in [2.75, 3.05) is 13.2 Å². The van der Waals surface area contributed by atoms with Gasteiger partial charge in [-0.1, -0.05) is 0 Å². The Balaban J connectivity index is 0. The van der Waals surface area contributed by atoms with Gasteiger partial charge in [0.2, 0.25) is 0 Å². The molecule has 0 spiro atoms. The molecule has 1 aliphatic heterocycles. The molecule has 64 valence electrons. The molecule has 0 amide bonds. The number of hydrogen-bond donors (Lipinski definition) is 0. The third kappa shape index (κ3) is 14.1. The first-order valence-corrected chi connectivity index (χ1v) is 5.14. The van der Waals surface area contributed by atoms with Crippen molar-refractivity contribution in [2.45, 2.75) is 31.2 Å². The van der Waals surface area contributed by atoms with Crippen molar-refractivity contribution in [3.05, 3.63) is 0 Å². The smallest absolute Gasteiger partial charge is 1.00 e. The minimum atomic E-state index is 0. The van der Waals surface area contributed by atoms with Gasteiger partial charge in [0.15, 0.2) is 0 Å². The van der Waals surface area contributed by atoms with Crippen molar-refractivity contribution >= 4 is 21.7 Å². The van der Waals surface area contributed by atoms with E-state index in [0.717, 1.165) is 19.1 Å². The molecule has 0 N–H and O–H groups in total. The zero-order valence-electron chi connectivity index (χ0n) is 7.61. The third-order valence-electron chi connectivity index (χ3n) is 1.40. The summed E-state index contributed by atoms with van der Waals surface area (Å²) in [7, 11) is 0. The summed E-state index contributed by atoms with van der Waals surface area (Å²) in [4.78, 5) is 0. The standard InChI is InChI=1S/C4H8O.C4H9.BrH.Mg/c1-2-4-5-3-1;1-4(2)3;;/h1-4H2;4H,1H2,2-3H3;1H;/q;;;+1/p-1. The van der Waals surface area contributed by atoms with Gasteiger partial charge in [-0.15, -0.1) is 0 Å². The van der Waals surface area contributed by atoms with Gasteiger partial charge in [-0.25, -0.2) is 0 Å². The Morgan fingerprint density at radius 1 is 1.27 bits per heavy atom. The van der Waals surface area contributed by atoms with E-state index in [1.165, 1.54) is 17.4 Å². The first-order chi connectivity index (χ1) is 4.77. The van der Waals surface area contributed by atoms with Gasteiger partial charge in [0, 0.05) is 13.2 Å². The molecule has 1 heterocycles. The van der Waals surface area contributed by atoms with E-state index in [1.54, 1.807) is 0 Å². The van der Waals surface area contributed by atoms with Gasteiger partial charge in [0.25, 0.3) is 0 Å². The van der Waals surface area contributed by atoms with Crippen LogP contribution in [-0.4, -0.2) is 34.9 Å². The van der Waals surface area contributed by atoms with Crippen molar-refractivity contribution in [3.8, 4) is 0 Å². The van der Waals surface area contributed by atoms with Crippen LogP contribution in [-0.2, 0) is 4.74 Å². The zero-order chi connectivity index (χ0) is 7.82. The van der Waals surface area contributed by atoms with Crippen LogP contribution in [0.1, 0.15) is 26.7 Å². The molecule has 0 aromatic heterocycles. The summed E-state index contributed by atoms with van der Waals surface area (Å²) in [6.45, 7) is 6.46. The second-order valence-corrected chi connectivity index (χ2v) is 3.58. The Bertz CT molecular complexity index is 57.5. The van der Waals surface area contributed by atoms with E-state index in [0.29, 0.717) is 0 Å². The van der Waals surface area contributed by atoms with E-state index in [2.05, 4.69) is 13.8 Å². The maximum absolute atomic E-state index is 4.94. The van der Waals surface area contributed by atoms with Gasteiger partial charge in [0.05, 0.1) is 0 Å². The van der Waals surface area contributed by atoms with E-state index in [-0.39, 0.29) is 17.0 Å². The number of ether oxygens (including phenoxy) is 1. The van der Waals surface area contributed by atoms with Gasteiger partial charge >= 0.3 is 46.0 Å². The zero-order valence-corrected chi connectivity index (χ0v) is 10.6. The molecule has 0 aromatic carbocycles. The van der Waals surface area contributed by atoms with Gasteiger partial charge < -0.3 is 21.7 Å². The monoisotopic (exact) mass is 232 g/mol. The van der Waals surface area contributed by atoms with E-state index >= 15 is 0 Å². The van der Waals surface area contributed by atoms with Crippen LogP contribution in [0, 0.1) is 5.92 Å². The van der Waals surface area contributed by atoms with E-state index < -0.39 is 0 Å². The third-order valence-corrected chi connectivity index (χ3v) is 2.56. The van der Waals surface area contributed by atoms with Gasteiger partial charge in [0.1, 0.15) is 0 Å². The molecule has 0 unspecified atom stereocenters. The first-order valence-electron chi connectivity index (χ1n) is 4.14. The summed E-state index contributed by atoms with van der Waals surface area (Å²) in [5, 5.41) is 0. The molecule has 3 heteroatoms. The molecule has 0 radical (unpaired) electrons. The molecule has 0 aliphatic carbocycles. The quantitative estimate of drug-likeness (QED) is 0.530. The second kappa shape index (κ2) is 11.2. The number of hydrogen-bond acceptors (Lipinski definition) is 1. The minimum absolute atomic E-state index is 0. The van der Waals surface area contributed by atoms with Crippen molar-refractivity contribution in [2.24, 2.45) is 5.92 Å². The number of halogens is 1. The predicted molar refractivity (Wildman–Crippen MR) is 45.5 cm³/mol. The van der Waals surface area contributed by atoms with Crippen LogP contribution in [0.15, 0.2) is 0 Å². The fourth-order valence-electron chi connectivity index (χ4n) is 0.510. The van der Waals surface area contributed by atoms with Crippen molar-refractivity contribution in [1.29, 1.82) is 0 Å². The first kappa shape index (κ1) is 14.7. The average Bonchev–Trinajstić information content (AvgIpc) is 2.43. The fourth-order valence-corrected chi connectivity index (χ4v) is 0.510.